The predicted molar refractivity (Wildman–Crippen MR) is 73.6 cm³/mol. The van der Waals surface area contributed by atoms with Crippen LogP contribution in [0, 0.1) is 5.82 Å². The minimum absolute atomic E-state index is 0.163. The van der Waals surface area contributed by atoms with E-state index in [1.165, 1.54) is 18.3 Å². The first-order chi connectivity index (χ1) is 8.88. The topological polar surface area (TPSA) is 85.1 Å². The average molecular weight is 346 g/mol. The highest BCUT2D eigenvalue weighted by Gasteiger charge is 2.19. The van der Waals surface area contributed by atoms with Crippen molar-refractivity contribution in [2.45, 2.75) is 4.90 Å². The number of hydrogen-bond acceptors (Lipinski definition) is 4. The van der Waals surface area contributed by atoms with Crippen molar-refractivity contribution in [2.24, 2.45) is 0 Å². The molecule has 0 radical (unpaired) electrons. The Bertz CT molecular complexity index is 704. The number of hydrogen-bond donors (Lipinski definition) is 2. The molecule has 8 heteroatoms. The van der Waals surface area contributed by atoms with Crippen molar-refractivity contribution in [1.82, 2.24) is 4.98 Å². The zero-order valence-corrected chi connectivity index (χ0v) is 11.9. The molecule has 5 nitrogen and oxygen atoms in total. The molecule has 3 N–H and O–H groups in total. The normalized spacial score (nSPS) is 11.3. The molecule has 1 aromatic carbocycles. The maximum Gasteiger partial charge on any atom is 0.264 e. The fourth-order valence-corrected chi connectivity index (χ4v) is 2.76. The molecular formula is C11H9BrFN3O2S. The van der Waals surface area contributed by atoms with Gasteiger partial charge in [0.05, 0.1) is 11.9 Å². The lowest BCUT2D eigenvalue weighted by atomic mass is 10.3. The van der Waals surface area contributed by atoms with E-state index in [0.29, 0.717) is 4.60 Å². The molecular weight excluding hydrogens is 337 g/mol. The maximum absolute atomic E-state index is 13.5. The predicted octanol–water partition coefficient (Wildman–Crippen LogP) is 2.37. The van der Waals surface area contributed by atoms with Crippen molar-refractivity contribution < 1.29 is 12.8 Å². The molecule has 2 rings (SSSR count). The van der Waals surface area contributed by atoms with Gasteiger partial charge in [0.2, 0.25) is 0 Å². The number of nitrogens with zero attached hydrogens (tertiary/aromatic N) is 1. The Kier molecular flexibility index (Phi) is 3.72. The third-order valence-electron chi connectivity index (χ3n) is 2.22. The Hall–Kier alpha value is -1.67. The van der Waals surface area contributed by atoms with E-state index in [2.05, 4.69) is 25.6 Å². The van der Waals surface area contributed by atoms with Gasteiger partial charge in [-0.3, -0.25) is 4.72 Å². The molecule has 0 fully saturated rings. The second-order valence-electron chi connectivity index (χ2n) is 3.66. The highest BCUT2D eigenvalue weighted by atomic mass is 79.9. The van der Waals surface area contributed by atoms with Gasteiger partial charge in [0.1, 0.15) is 15.3 Å². The first-order valence-corrected chi connectivity index (χ1v) is 7.35. The van der Waals surface area contributed by atoms with Crippen LogP contribution in [0.25, 0.3) is 0 Å². The number of rotatable bonds is 3. The van der Waals surface area contributed by atoms with Crippen LogP contribution in [-0.4, -0.2) is 13.4 Å². The summed E-state index contributed by atoms with van der Waals surface area (Å²) in [5.41, 5.74) is 5.85. The summed E-state index contributed by atoms with van der Waals surface area (Å²) in [7, 11) is -4.04. The molecule has 0 aliphatic carbocycles. The van der Waals surface area contributed by atoms with Gasteiger partial charge in [-0.1, -0.05) is 0 Å². The van der Waals surface area contributed by atoms with E-state index in [9.17, 15) is 12.8 Å². The zero-order valence-electron chi connectivity index (χ0n) is 9.47. The van der Waals surface area contributed by atoms with Crippen LogP contribution in [-0.2, 0) is 10.0 Å². The monoisotopic (exact) mass is 345 g/mol. The minimum Gasteiger partial charge on any atom is -0.399 e. The highest BCUT2D eigenvalue weighted by molar-refractivity contribution is 9.10. The summed E-state index contributed by atoms with van der Waals surface area (Å²) in [5, 5.41) is 0. The van der Waals surface area contributed by atoms with Gasteiger partial charge in [0, 0.05) is 5.69 Å². The summed E-state index contributed by atoms with van der Waals surface area (Å²) in [5.74, 6) is -0.869. The number of nitrogen functional groups attached to an aromatic ring is 1. The molecule has 0 saturated heterocycles. The first-order valence-electron chi connectivity index (χ1n) is 5.08. The molecule has 0 saturated carbocycles. The second kappa shape index (κ2) is 5.14. The lowest BCUT2D eigenvalue weighted by Gasteiger charge is -2.09. The van der Waals surface area contributed by atoms with Crippen molar-refractivity contribution in [3.63, 3.8) is 0 Å². The smallest absolute Gasteiger partial charge is 0.264 e. The zero-order chi connectivity index (χ0) is 14.0. The van der Waals surface area contributed by atoms with E-state index in [-0.39, 0.29) is 11.4 Å². The van der Waals surface area contributed by atoms with Gasteiger partial charge in [-0.2, -0.15) is 0 Å². The van der Waals surface area contributed by atoms with Crippen molar-refractivity contribution >= 4 is 37.3 Å². The summed E-state index contributed by atoms with van der Waals surface area (Å²) in [6.07, 6.45) is 1.31. The van der Waals surface area contributed by atoms with Gasteiger partial charge < -0.3 is 5.73 Å². The Labute approximate surface area is 117 Å². The van der Waals surface area contributed by atoms with Gasteiger partial charge in [0.15, 0.2) is 0 Å². The maximum atomic E-state index is 13.5. The molecule has 2 aromatic rings. The van der Waals surface area contributed by atoms with Crippen LogP contribution in [0.2, 0.25) is 0 Å². The third kappa shape index (κ3) is 3.21. The average Bonchev–Trinajstić information content (AvgIpc) is 2.35. The second-order valence-corrected chi connectivity index (χ2v) is 6.13. The Balaban J connectivity index is 2.37. The van der Waals surface area contributed by atoms with Crippen LogP contribution < -0.4 is 10.5 Å². The number of halogens is 2. The van der Waals surface area contributed by atoms with Gasteiger partial charge in [0.25, 0.3) is 10.0 Å². The van der Waals surface area contributed by atoms with E-state index >= 15 is 0 Å². The molecule has 0 bridgehead atoms. The van der Waals surface area contributed by atoms with Gasteiger partial charge in [-0.25, -0.2) is 17.8 Å². The van der Waals surface area contributed by atoms with Crippen molar-refractivity contribution in [3.05, 3.63) is 46.9 Å². The van der Waals surface area contributed by atoms with Crippen LogP contribution in [0.3, 0.4) is 0 Å². The fourth-order valence-electron chi connectivity index (χ4n) is 1.37. The van der Waals surface area contributed by atoms with Crippen molar-refractivity contribution in [1.29, 1.82) is 0 Å². The number of nitrogens with two attached hydrogens (primary N) is 1. The Morgan fingerprint density at radius 2 is 2.00 bits per heavy atom. The van der Waals surface area contributed by atoms with Crippen LogP contribution in [0.4, 0.5) is 15.8 Å². The largest absolute Gasteiger partial charge is 0.399 e. The molecule has 0 unspecified atom stereocenters. The Morgan fingerprint density at radius 1 is 1.26 bits per heavy atom. The van der Waals surface area contributed by atoms with Crippen molar-refractivity contribution in [3.8, 4) is 0 Å². The lowest BCUT2D eigenvalue weighted by molar-refractivity contribution is 0.570. The number of nitrogens with one attached hydrogen (secondary N) is 1. The van der Waals surface area contributed by atoms with Crippen LogP contribution in [0.5, 0.6) is 0 Å². The van der Waals surface area contributed by atoms with Crippen LogP contribution >= 0.6 is 15.9 Å². The van der Waals surface area contributed by atoms with Crippen LogP contribution in [0.15, 0.2) is 46.0 Å². The molecule has 0 aliphatic heterocycles. The van der Waals surface area contributed by atoms with Gasteiger partial charge in [-0.15, -0.1) is 0 Å². The van der Waals surface area contributed by atoms with Crippen molar-refractivity contribution in [2.75, 3.05) is 10.5 Å². The molecule has 0 spiro atoms. The number of aromatic nitrogens is 1. The fraction of sp³-hybridized carbons (Fsp3) is 0. The quantitative estimate of drug-likeness (QED) is 0.660. The molecule has 19 heavy (non-hydrogen) atoms. The number of pyridine rings is 1. The number of benzene rings is 1. The summed E-state index contributed by atoms with van der Waals surface area (Å²) >= 11 is 3.13. The number of anilines is 2. The van der Waals surface area contributed by atoms with Crippen LogP contribution in [0.1, 0.15) is 0 Å². The first kappa shape index (κ1) is 13.8. The standard InChI is InChI=1S/C11H9BrFN3O2S/c12-11-4-2-8(6-15-11)16-19(17,18)10-5-7(14)1-3-9(10)13/h1-6,16H,14H2. The van der Waals surface area contributed by atoms with Gasteiger partial charge in [-0.05, 0) is 46.3 Å². The Morgan fingerprint density at radius 3 is 2.63 bits per heavy atom. The molecule has 1 aromatic heterocycles. The van der Waals surface area contributed by atoms with E-state index in [0.717, 1.165) is 12.1 Å². The number of sulfonamides is 1. The van der Waals surface area contributed by atoms with E-state index in [4.69, 9.17) is 5.73 Å². The summed E-state index contributed by atoms with van der Waals surface area (Å²) in [6.45, 7) is 0. The third-order valence-corrected chi connectivity index (χ3v) is 4.09. The highest BCUT2D eigenvalue weighted by Crippen LogP contribution is 2.21. The van der Waals surface area contributed by atoms with E-state index < -0.39 is 20.7 Å². The van der Waals surface area contributed by atoms with Gasteiger partial charge >= 0.3 is 0 Å². The molecule has 0 atom stereocenters. The van der Waals surface area contributed by atoms with E-state index in [1.807, 2.05) is 0 Å². The van der Waals surface area contributed by atoms with E-state index in [1.54, 1.807) is 6.07 Å². The lowest BCUT2D eigenvalue weighted by Crippen LogP contribution is -2.15. The minimum atomic E-state index is -4.04. The summed E-state index contributed by atoms with van der Waals surface area (Å²) in [4.78, 5) is 3.36. The summed E-state index contributed by atoms with van der Waals surface area (Å²) < 4.78 is 40.3. The molecule has 1 heterocycles. The molecule has 0 amide bonds. The SMILES string of the molecule is Nc1ccc(F)c(S(=O)(=O)Nc2ccc(Br)nc2)c1. The summed E-state index contributed by atoms with van der Waals surface area (Å²) in [6, 6.07) is 6.41. The molecule has 100 valence electrons. The molecule has 0 aliphatic rings.